The number of benzene rings is 3. The minimum atomic E-state index is -0.938. The summed E-state index contributed by atoms with van der Waals surface area (Å²) in [7, 11) is 3.76. The van der Waals surface area contributed by atoms with Crippen molar-refractivity contribution in [2.45, 2.75) is 32.4 Å². The Bertz CT molecular complexity index is 1630. The lowest BCUT2D eigenvalue weighted by molar-refractivity contribution is -0.108. The SMILES string of the molecule is BN(C)Cc1cc(NC(=O)OC[C@H](C)c2ccc(C(C=O)Nc3ccc4cc[nH]c(=O)c4c3)cc2C)ccc1OCF. The van der Waals surface area contributed by atoms with Crippen LogP contribution >= 0.6 is 0 Å². The summed E-state index contributed by atoms with van der Waals surface area (Å²) in [5.41, 5.74) is 4.41. The second kappa shape index (κ2) is 13.8. The van der Waals surface area contributed by atoms with Crippen LogP contribution in [0.15, 0.2) is 71.7 Å². The number of pyridine rings is 1. The number of hydrogen-bond donors (Lipinski definition) is 3. The molecule has 4 rings (SSSR count). The van der Waals surface area contributed by atoms with Crippen molar-refractivity contribution in [3.8, 4) is 5.75 Å². The number of aromatic nitrogens is 1. The molecule has 0 spiro atoms. The maximum atomic E-state index is 12.7. The Kier molecular flexibility index (Phi) is 9.98. The van der Waals surface area contributed by atoms with E-state index in [-0.39, 0.29) is 18.1 Å². The Morgan fingerprint density at radius 1 is 1.12 bits per heavy atom. The number of carbonyl (C=O) groups is 2. The molecule has 0 aliphatic heterocycles. The van der Waals surface area contributed by atoms with Crippen molar-refractivity contribution in [3.05, 3.63) is 99.5 Å². The van der Waals surface area contributed by atoms with E-state index in [2.05, 4.69) is 15.6 Å². The molecule has 1 heterocycles. The van der Waals surface area contributed by atoms with E-state index in [1.54, 1.807) is 30.5 Å². The van der Waals surface area contributed by atoms with Crippen LogP contribution in [0.2, 0.25) is 0 Å². The van der Waals surface area contributed by atoms with Gasteiger partial charge in [-0.1, -0.05) is 31.2 Å². The van der Waals surface area contributed by atoms with Gasteiger partial charge >= 0.3 is 6.09 Å². The molecule has 0 aliphatic rings. The predicted octanol–water partition coefficient (Wildman–Crippen LogP) is 4.83. The quantitative estimate of drug-likeness (QED) is 0.165. The van der Waals surface area contributed by atoms with Crippen molar-refractivity contribution in [3.63, 3.8) is 0 Å². The van der Waals surface area contributed by atoms with E-state index in [4.69, 9.17) is 9.47 Å². The van der Waals surface area contributed by atoms with Crippen LogP contribution in [-0.4, -0.2) is 50.7 Å². The molecular formula is C31H34BFN4O5. The maximum absolute atomic E-state index is 12.7. The summed E-state index contributed by atoms with van der Waals surface area (Å²) in [6.07, 6.45) is 1.82. The minimum Gasteiger partial charge on any atom is -0.463 e. The molecule has 0 bridgehead atoms. The number of amides is 1. The number of H-pyrrole nitrogens is 1. The first-order valence-corrected chi connectivity index (χ1v) is 13.5. The minimum absolute atomic E-state index is 0.107. The normalized spacial score (nSPS) is 12.5. The molecule has 0 saturated carbocycles. The van der Waals surface area contributed by atoms with Crippen LogP contribution in [0.4, 0.5) is 20.6 Å². The zero-order valence-electron chi connectivity index (χ0n) is 24.1. The summed E-state index contributed by atoms with van der Waals surface area (Å²) in [5.74, 6) is 0.307. The fraction of sp³-hybridized carbons (Fsp3) is 0.258. The highest BCUT2D eigenvalue weighted by atomic mass is 19.1. The Morgan fingerprint density at radius 3 is 2.62 bits per heavy atom. The van der Waals surface area contributed by atoms with E-state index in [1.165, 1.54) is 0 Å². The second-order valence-corrected chi connectivity index (χ2v) is 10.4. The number of nitrogens with one attached hydrogen (secondary N) is 3. The predicted molar refractivity (Wildman–Crippen MR) is 165 cm³/mol. The topological polar surface area (TPSA) is 113 Å². The monoisotopic (exact) mass is 572 g/mol. The molecule has 0 fully saturated rings. The van der Waals surface area contributed by atoms with Crippen LogP contribution in [-0.2, 0) is 16.1 Å². The number of fused-ring (bicyclic) bond motifs is 1. The molecule has 3 aromatic carbocycles. The van der Waals surface area contributed by atoms with E-state index in [1.807, 2.05) is 70.1 Å². The molecule has 0 saturated heterocycles. The number of ether oxygens (including phenoxy) is 2. The number of alkyl halides is 1. The van der Waals surface area contributed by atoms with Crippen LogP contribution in [0.5, 0.6) is 5.75 Å². The van der Waals surface area contributed by atoms with Crippen molar-refractivity contribution >= 4 is 42.5 Å². The van der Waals surface area contributed by atoms with Crippen molar-refractivity contribution in [2.24, 2.45) is 0 Å². The molecule has 11 heteroatoms. The third kappa shape index (κ3) is 7.55. The van der Waals surface area contributed by atoms with Gasteiger partial charge in [-0.15, -0.1) is 0 Å². The summed E-state index contributed by atoms with van der Waals surface area (Å²) in [5, 5.41) is 7.27. The third-order valence-electron chi connectivity index (χ3n) is 6.89. The molecule has 0 aliphatic carbocycles. The van der Waals surface area contributed by atoms with E-state index >= 15 is 0 Å². The average Bonchev–Trinajstić information content (AvgIpc) is 2.96. The molecule has 4 aromatic rings. The Hall–Kier alpha value is -4.64. The smallest absolute Gasteiger partial charge is 0.411 e. The maximum Gasteiger partial charge on any atom is 0.411 e. The number of carbonyl (C=O) groups excluding carboxylic acids is 2. The van der Waals surface area contributed by atoms with Gasteiger partial charge in [0.1, 0.15) is 18.1 Å². The van der Waals surface area contributed by atoms with Crippen LogP contribution in [0.3, 0.4) is 0 Å². The number of nitrogens with zero attached hydrogens (tertiary/aromatic N) is 1. The van der Waals surface area contributed by atoms with Crippen LogP contribution < -0.4 is 20.9 Å². The van der Waals surface area contributed by atoms with Crippen molar-refractivity contribution in [2.75, 3.05) is 31.1 Å². The molecule has 1 aromatic heterocycles. The lowest BCUT2D eigenvalue weighted by Gasteiger charge is -2.19. The Morgan fingerprint density at radius 2 is 1.90 bits per heavy atom. The van der Waals surface area contributed by atoms with Crippen molar-refractivity contribution in [1.82, 2.24) is 9.79 Å². The van der Waals surface area contributed by atoms with E-state index in [0.29, 0.717) is 29.1 Å². The number of anilines is 2. The molecule has 3 N–H and O–H groups in total. The molecule has 9 nitrogen and oxygen atoms in total. The zero-order valence-corrected chi connectivity index (χ0v) is 24.1. The molecule has 0 radical (unpaired) electrons. The standard InChI is InChI=1S/C31H34BFN4O5/c1-19-12-22(28(16-38)35-25-6-4-21-10-11-34-30(39)27(21)14-25)5-8-26(19)20(2)17-41-31(40)36-24-7-9-29(42-18-33)23(13-24)15-37(3)32/h4-14,16,20,28,35H,15,17-18,32H2,1-3H3,(H,34,39)(H,36,40)/t20-,28?/m0/s1. The highest BCUT2D eigenvalue weighted by molar-refractivity contribution is 6.04. The zero-order chi connectivity index (χ0) is 30.2. The van der Waals surface area contributed by atoms with Gasteiger partial charge in [0.2, 0.25) is 6.86 Å². The average molecular weight is 572 g/mol. The van der Waals surface area contributed by atoms with Gasteiger partial charge < -0.3 is 29.4 Å². The van der Waals surface area contributed by atoms with Gasteiger partial charge in [0, 0.05) is 41.0 Å². The van der Waals surface area contributed by atoms with Crippen LogP contribution in [0.25, 0.3) is 10.8 Å². The third-order valence-corrected chi connectivity index (χ3v) is 6.89. The highest BCUT2D eigenvalue weighted by Gasteiger charge is 2.17. The Balaban J connectivity index is 1.38. The highest BCUT2D eigenvalue weighted by Crippen LogP contribution is 2.27. The summed E-state index contributed by atoms with van der Waals surface area (Å²) in [4.78, 5) is 41.3. The molecule has 2 atom stereocenters. The van der Waals surface area contributed by atoms with Crippen molar-refractivity contribution in [1.29, 1.82) is 0 Å². The van der Waals surface area contributed by atoms with E-state index in [0.717, 1.165) is 33.9 Å². The lowest BCUT2D eigenvalue weighted by atomic mass is 9.93. The molecule has 42 heavy (non-hydrogen) atoms. The number of aldehydes is 1. The molecular weight excluding hydrogens is 538 g/mol. The van der Waals surface area contributed by atoms with Crippen LogP contribution in [0.1, 0.15) is 41.1 Å². The summed E-state index contributed by atoms with van der Waals surface area (Å²) in [6, 6.07) is 17.3. The number of aryl methyl sites for hydroxylation is 1. The fourth-order valence-corrected chi connectivity index (χ4v) is 4.86. The number of halogens is 1. The first-order valence-electron chi connectivity index (χ1n) is 13.5. The van der Waals surface area contributed by atoms with Gasteiger partial charge in [0.15, 0.2) is 7.98 Å². The van der Waals surface area contributed by atoms with Gasteiger partial charge in [-0.25, -0.2) is 9.18 Å². The molecule has 1 unspecified atom stereocenters. The number of rotatable bonds is 12. The first-order chi connectivity index (χ1) is 20.2. The lowest BCUT2D eigenvalue weighted by Crippen LogP contribution is -2.18. The Labute approximate surface area is 244 Å². The van der Waals surface area contributed by atoms with Gasteiger partial charge in [-0.3, -0.25) is 10.1 Å². The van der Waals surface area contributed by atoms with Gasteiger partial charge in [-0.2, -0.15) is 0 Å². The largest absolute Gasteiger partial charge is 0.463 e. The first kappa shape index (κ1) is 30.3. The summed E-state index contributed by atoms with van der Waals surface area (Å²) >= 11 is 0. The number of hydrogen-bond acceptors (Lipinski definition) is 7. The summed E-state index contributed by atoms with van der Waals surface area (Å²) < 4.78 is 23.3. The van der Waals surface area contributed by atoms with Gasteiger partial charge in [0.05, 0.1) is 6.61 Å². The fourth-order valence-electron chi connectivity index (χ4n) is 4.86. The summed E-state index contributed by atoms with van der Waals surface area (Å²) in [6.45, 7) is 3.61. The van der Waals surface area contributed by atoms with Gasteiger partial charge in [0.25, 0.3) is 5.56 Å². The second-order valence-electron chi connectivity index (χ2n) is 10.4. The number of aromatic amines is 1. The van der Waals surface area contributed by atoms with Crippen LogP contribution in [0, 0.1) is 6.92 Å². The van der Waals surface area contributed by atoms with Crippen molar-refractivity contribution < 1.29 is 23.5 Å². The van der Waals surface area contributed by atoms with E-state index in [9.17, 15) is 18.8 Å². The van der Waals surface area contributed by atoms with E-state index < -0.39 is 19.0 Å². The molecule has 218 valence electrons. The molecule has 1 amide bonds. The van der Waals surface area contributed by atoms with Gasteiger partial charge in [-0.05, 0) is 72.4 Å².